The fraction of sp³-hybridized carbons (Fsp3) is 0.0877. The lowest BCUT2D eigenvalue weighted by atomic mass is 9.65. The number of fused-ring (bicyclic) bond motifs is 7. The summed E-state index contributed by atoms with van der Waals surface area (Å²) in [7, 11) is 0. The van der Waals surface area contributed by atoms with Gasteiger partial charge in [0.2, 0.25) is 0 Å². The molecule has 0 fully saturated rings. The highest BCUT2D eigenvalue weighted by Gasteiger charge is 2.48. The molecule has 4 heteroatoms. The fourth-order valence-corrected chi connectivity index (χ4v) is 10.1. The summed E-state index contributed by atoms with van der Waals surface area (Å²) in [5.74, 6) is 1.46. The van der Waals surface area contributed by atoms with E-state index in [1.165, 1.54) is 54.9 Å². The molecule has 10 aromatic carbocycles. The minimum Gasteiger partial charge on any atom is -0.491 e. The number of ether oxygens (including phenoxy) is 2. The van der Waals surface area contributed by atoms with Crippen molar-refractivity contribution in [2.75, 3.05) is 26.4 Å². The topological polar surface area (TPSA) is 58.9 Å². The Kier molecular flexibility index (Phi) is 9.11. The average Bonchev–Trinajstić information content (AvgIpc) is 3.61. The summed E-state index contributed by atoms with van der Waals surface area (Å²) < 4.78 is 12.5. The second-order valence-electron chi connectivity index (χ2n) is 15.8. The number of aliphatic hydroxyl groups is 2. The van der Waals surface area contributed by atoms with Crippen LogP contribution in [0.15, 0.2) is 194 Å². The lowest BCUT2D eigenvalue weighted by Crippen LogP contribution is -2.29. The van der Waals surface area contributed by atoms with Gasteiger partial charge in [-0.3, -0.25) is 0 Å². The van der Waals surface area contributed by atoms with E-state index in [0.717, 1.165) is 55.3 Å². The fourth-order valence-electron chi connectivity index (χ4n) is 10.1. The van der Waals surface area contributed by atoms with Gasteiger partial charge < -0.3 is 19.7 Å². The molecule has 1 aliphatic rings. The van der Waals surface area contributed by atoms with Crippen LogP contribution < -0.4 is 9.47 Å². The third kappa shape index (κ3) is 5.83. The van der Waals surface area contributed by atoms with Gasteiger partial charge in [-0.05, 0) is 112 Å². The molecule has 4 nitrogen and oxygen atoms in total. The highest BCUT2D eigenvalue weighted by molar-refractivity contribution is 6.04. The van der Waals surface area contributed by atoms with Crippen LogP contribution in [0.5, 0.6) is 11.5 Å². The Morgan fingerprint density at radius 2 is 0.721 bits per heavy atom. The van der Waals surface area contributed by atoms with E-state index in [2.05, 4.69) is 182 Å². The summed E-state index contributed by atoms with van der Waals surface area (Å²) in [5.41, 5.74) is 10.8. The molecule has 1 aliphatic carbocycles. The van der Waals surface area contributed by atoms with Crippen molar-refractivity contribution in [1.82, 2.24) is 0 Å². The first-order valence-corrected chi connectivity index (χ1v) is 21.0. The van der Waals surface area contributed by atoms with Crippen molar-refractivity contribution in [2.45, 2.75) is 5.41 Å². The number of hydrogen-bond acceptors (Lipinski definition) is 4. The van der Waals surface area contributed by atoms with E-state index in [1.54, 1.807) is 0 Å². The predicted octanol–water partition coefficient (Wildman–Crippen LogP) is 12.7. The van der Waals surface area contributed by atoms with E-state index >= 15 is 0 Å². The second-order valence-corrected chi connectivity index (χ2v) is 15.8. The molecule has 61 heavy (non-hydrogen) atoms. The first-order chi connectivity index (χ1) is 30.2. The molecule has 294 valence electrons. The summed E-state index contributed by atoms with van der Waals surface area (Å²) in [5, 5.41) is 28.6. The first-order valence-electron chi connectivity index (χ1n) is 21.0. The van der Waals surface area contributed by atoms with Gasteiger partial charge >= 0.3 is 0 Å². The van der Waals surface area contributed by atoms with Crippen molar-refractivity contribution in [3.05, 3.63) is 216 Å². The smallest absolute Gasteiger partial charge is 0.127 e. The highest BCUT2D eigenvalue weighted by Crippen LogP contribution is 2.60. The van der Waals surface area contributed by atoms with Crippen molar-refractivity contribution in [1.29, 1.82) is 0 Å². The Hall–Kier alpha value is -7.24. The molecule has 0 spiro atoms. The van der Waals surface area contributed by atoms with E-state index in [4.69, 9.17) is 9.47 Å². The Bertz CT molecular complexity index is 3080. The Morgan fingerprint density at radius 1 is 0.328 bits per heavy atom. The van der Waals surface area contributed by atoms with Gasteiger partial charge in [0.25, 0.3) is 0 Å². The maximum Gasteiger partial charge on any atom is 0.127 e. The van der Waals surface area contributed by atoms with E-state index in [9.17, 15) is 10.2 Å². The number of hydrogen-bond donors (Lipinski definition) is 2. The third-order valence-electron chi connectivity index (χ3n) is 12.6. The third-order valence-corrected chi connectivity index (χ3v) is 12.6. The number of benzene rings is 10. The standard InChI is InChI=1S/C57H42O4/c58-31-33-60-55-25-9-19-45-49(55)21-7-23-51(45)57(52-24-8-22-50-46(52)20-10-26-56(50)61-34-32-59)53-35-39(43-17-5-13-37-11-1-3-15-41(37)43)27-29-47(53)48-30-28-40(36-54(48)57)44-18-6-14-38-12-2-4-16-42(38)44/h1-30,35-36,58-59H,31-34H2. The zero-order valence-corrected chi connectivity index (χ0v) is 33.5. The first kappa shape index (κ1) is 36.8. The zero-order chi connectivity index (χ0) is 40.9. The molecule has 0 saturated carbocycles. The Balaban J connectivity index is 1.31. The molecule has 0 saturated heterocycles. The molecule has 11 rings (SSSR count). The van der Waals surface area contributed by atoms with Crippen molar-refractivity contribution in [3.8, 4) is 44.9 Å². The van der Waals surface area contributed by atoms with Crippen molar-refractivity contribution in [3.63, 3.8) is 0 Å². The van der Waals surface area contributed by atoms with Gasteiger partial charge in [0.1, 0.15) is 24.7 Å². The molecule has 0 aromatic heterocycles. The molecule has 2 N–H and O–H groups in total. The van der Waals surface area contributed by atoms with Crippen molar-refractivity contribution in [2.24, 2.45) is 0 Å². The van der Waals surface area contributed by atoms with Gasteiger partial charge in [0.05, 0.1) is 18.6 Å². The van der Waals surface area contributed by atoms with Gasteiger partial charge in [0, 0.05) is 10.8 Å². The molecule has 0 radical (unpaired) electrons. The van der Waals surface area contributed by atoms with E-state index in [0.29, 0.717) is 0 Å². The van der Waals surface area contributed by atoms with Gasteiger partial charge in [-0.15, -0.1) is 0 Å². The molecule has 10 aromatic rings. The normalized spacial score (nSPS) is 12.8. The molecule has 0 amide bonds. The van der Waals surface area contributed by atoms with Crippen LogP contribution in [0, 0.1) is 0 Å². The van der Waals surface area contributed by atoms with Crippen LogP contribution in [-0.4, -0.2) is 36.6 Å². The Morgan fingerprint density at radius 3 is 1.20 bits per heavy atom. The van der Waals surface area contributed by atoms with E-state index < -0.39 is 5.41 Å². The summed E-state index contributed by atoms with van der Waals surface area (Å²) in [6.07, 6.45) is 0. The molecule has 0 atom stereocenters. The summed E-state index contributed by atoms with van der Waals surface area (Å²) in [6.45, 7) is 0.239. The van der Waals surface area contributed by atoms with E-state index in [-0.39, 0.29) is 26.4 Å². The maximum absolute atomic E-state index is 9.83. The van der Waals surface area contributed by atoms with Gasteiger partial charge in [0.15, 0.2) is 0 Å². The van der Waals surface area contributed by atoms with Crippen LogP contribution in [0.4, 0.5) is 0 Å². The summed E-state index contributed by atoms with van der Waals surface area (Å²) in [6, 6.07) is 70.1. The minimum atomic E-state index is -0.851. The largest absolute Gasteiger partial charge is 0.491 e. The van der Waals surface area contributed by atoms with Crippen LogP contribution in [-0.2, 0) is 5.41 Å². The molecule has 0 bridgehead atoms. The molecule has 0 aliphatic heterocycles. The number of rotatable bonds is 10. The monoisotopic (exact) mass is 790 g/mol. The zero-order valence-electron chi connectivity index (χ0n) is 33.5. The van der Waals surface area contributed by atoms with Crippen molar-refractivity contribution < 1.29 is 19.7 Å². The lowest BCUT2D eigenvalue weighted by molar-refractivity contribution is 0.203. The van der Waals surface area contributed by atoms with Gasteiger partial charge in [-0.2, -0.15) is 0 Å². The number of aliphatic hydroxyl groups excluding tert-OH is 2. The van der Waals surface area contributed by atoms with Gasteiger partial charge in [-0.25, -0.2) is 0 Å². The van der Waals surface area contributed by atoms with Crippen LogP contribution in [0.2, 0.25) is 0 Å². The summed E-state index contributed by atoms with van der Waals surface area (Å²) >= 11 is 0. The summed E-state index contributed by atoms with van der Waals surface area (Å²) in [4.78, 5) is 0. The minimum absolute atomic E-state index is 0.0780. The lowest BCUT2D eigenvalue weighted by Gasteiger charge is -2.36. The van der Waals surface area contributed by atoms with E-state index in [1.807, 2.05) is 12.1 Å². The van der Waals surface area contributed by atoms with Crippen molar-refractivity contribution >= 4 is 43.1 Å². The average molecular weight is 791 g/mol. The maximum atomic E-state index is 9.83. The predicted molar refractivity (Wildman–Crippen MR) is 250 cm³/mol. The quantitative estimate of drug-likeness (QED) is 0.145. The van der Waals surface area contributed by atoms with Crippen LogP contribution >= 0.6 is 0 Å². The van der Waals surface area contributed by atoms with Crippen LogP contribution in [0.1, 0.15) is 22.3 Å². The van der Waals surface area contributed by atoms with Gasteiger partial charge in [-0.1, -0.05) is 170 Å². The molecular formula is C57H42O4. The van der Waals surface area contributed by atoms with Crippen LogP contribution in [0.3, 0.4) is 0 Å². The Labute approximate surface area is 354 Å². The molecule has 0 heterocycles. The molecule has 0 unspecified atom stereocenters. The highest BCUT2D eigenvalue weighted by atomic mass is 16.5. The molecular weight excluding hydrogens is 749 g/mol. The van der Waals surface area contributed by atoms with Crippen LogP contribution in [0.25, 0.3) is 76.5 Å². The SMILES string of the molecule is OCCOc1cccc2c(C3(c4cccc5c(OCCO)cccc45)c4cc(-c5cccc6ccccc56)ccc4-c4ccc(-c5cccc6ccccc56)cc43)cccc12. The second kappa shape index (κ2) is 15.1.